The van der Waals surface area contributed by atoms with Crippen molar-refractivity contribution in [1.29, 1.82) is 0 Å². The number of benzene rings is 1. The lowest BCUT2D eigenvalue weighted by Gasteiger charge is -2.17. The molecular weight excluding hydrogens is 366 g/mol. The number of fused-ring (bicyclic) bond motifs is 3. The van der Waals surface area contributed by atoms with E-state index >= 15 is 0 Å². The van der Waals surface area contributed by atoms with E-state index in [2.05, 4.69) is 15.0 Å². The van der Waals surface area contributed by atoms with E-state index < -0.39 is 11.1 Å². The van der Waals surface area contributed by atoms with Crippen LogP contribution in [0.1, 0.15) is 28.6 Å². The molecule has 0 amide bonds. The maximum atomic E-state index is 12.7. The molecule has 0 unspecified atom stereocenters. The minimum absolute atomic E-state index is 0.177. The monoisotopic (exact) mass is 389 g/mol. The molecule has 29 heavy (non-hydrogen) atoms. The Kier molecular flexibility index (Phi) is 4.39. The summed E-state index contributed by atoms with van der Waals surface area (Å²) in [6, 6.07) is 13.9. The third kappa shape index (κ3) is 3.31. The van der Waals surface area contributed by atoms with Gasteiger partial charge in [0, 0.05) is 44.2 Å². The molecule has 5 rings (SSSR count). The molecule has 7 heteroatoms. The molecule has 1 aromatic carbocycles. The largest absolute Gasteiger partial charge is 0.332 e. The van der Waals surface area contributed by atoms with E-state index in [1.165, 1.54) is 4.68 Å². The van der Waals surface area contributed by atoms with Crippen LogP contribution in [0.4, 0.5) is 0 Å². The molecule has 0 radical (unpaired) electrons. The van der Waals surface area contributed by atoms with Gasteiger partial charge in [-0.15, -0.1) is 0 Å². The Morgan fingerprint density at radius 1 is 0.966 bits per heavy atom. The standard InChI is InChI=1S/C22H23N5O2/c1-15-5-7-16(8-6-15)10-27-22(29)21(28)26-12-17-11-25(14-19(17)20(26)24-27)13-18-4-2-3-9-23-18/h2-9,17,19H,10-14H2,1H3/t17-,19+/m1/s1. The van der Waals surface area contributed by atoms with Crippen LogP contribution in [0.3, 0.4) is 0 Å². The van der Waals surface area contributed by atoms with Crippen molar-refractivity contribution in [2.24, 2.45) is 5.92 Å². The zero-order valence-corrected chi connectivity index (χ0v) is 16.4. The highest BCUT2D eigenvalue weighted by molar-refractivity contribution is 5.21. The van der Waals surface area contributed by atoms with Gasteiger partial charge in [0.2, 0.25) is 0 Å². The second-order valence-electron chi connectivity index (χ2n) is 8.10. The number of rotatable bonds is 4. The third-order valence-electron chi connectivity index (χ3n) is 5.99. The number of aryl methyl sites for hydroxylation is 1. The van der Waals surface area contributed by atoms with Crippen molar-refractivity contribution in [3.05, 3.63) is 92.0 Å². The maximum Gasteiger partial charge on any atom is 0.332 e. The van der Waals surface area contributed by atoms with Crippen LogP contribution < -0.4 is 11.1 Å². The van der Waals surface area contributed by atoms with E-state index in [0.29, 0.717) is 19.0 Å². The molecule has 0 saturated carbocycles. The van der Waals surface area contributed by atoms with Crippen LogP contribution in [0.5, 0.6) is 0 Å². The van der Waals surface area contributed by atoms with E-state index in [1.807, 2.05) is 55.6 Å². The number of pyridine rings is 1. The summed E-state index contributed by atoms with van der Waals surface area (Å²) in [6.45, 7) is 5.42. The molecule has 148 valence electrons. The van der Waals surface area contributed by atoms with Crippen LogP contribution in [-0.2, 0) is 19.6 Å². The Balaban J connectivity index is 1.41. The Hall–Kier alpha value is -3.06. The van der Waals surface area contributed by atoms with Gasteiger partial charge in [0.25, 0.3) is 0 Å². The Morgan fingerprint density at radius 3 is 2.55 bits per heavy atom. The smallest absolute Gasteiger partial charge is 0.296 e. The first-order chi connectivity index (χ1) is 14.1. The van der Waals surface area contributed by atoms with Gasteiger partial charge in [-0.25, -0.2) is 4.68 Å². The van der Waals surface area contributed by atoms with Gasteiger partial charge in [0.05, 0.1) is 12.2 Å². The molecule has 0 aliphatic carbocycles. The zero-order chi connectivity index (χ0) is 20.0. The minimum atomic E-state index is -0.542. The predicted octanol–water partition coefficient (Wildman–Crippen LogP) is 1.39. The second-order valence-corrected chi connectivity index (χ2v) is 8.10. The third-order valence-corrected chi connectivity index (χ3v) is 5.99. The van der Waals surface area contributed by atoms with Gasteiger partial charge < -0.3 is 0 Å². The summed E-state index contributed by atoms with van der Waals surface area (Å²) in [5, 5.41) is 4.64. The molecule has 3 aromatic rings. The van der Waals surface area contributed by atoms with Crippen molar-refractivity contribution < 1.29 is 0 Å². The molecular formula is C22H23N5O2. The first kappa shape index (κ1) is 18.0. The van der Waals surface area contributed by atoms with Crippen LogP contribution in [0.15, 0.2) is 58.3 Å². The first-order valence-corrected chi connectivity index (χ1v) is 9.98. The summed E-state index contributed by atoms with van der Waals surface area (Å²) < 4.78 is 2.93. The summed E-state index contributed by atoms with van der Waals surface area (Å²) in [4.78, 5) is 32.0. The Bertz CT molecular complexity index is 1150. The minimum Gasteiger partial charge on any atom is -0.296 e. The van der Waals surface area contributed by atoms with Crippen molar-refractivity contribution in [2.75, 3.05) is 13.1 Å². The van der Waals surface area contributed by atoms with E-state index in [0.717, 1.165) is 42.3 Å². The van der Waals surface area contributed by atoms with Crippen molar-refractivity contribution >= 4 is 0 Å². The SMILES string of the molecule is Cc1ccc(Cn2nc3n(c(=O)c2=O)C[C@H]2CN(Cc4ccccn4)C[C@H]32)cc1. The number of likely N-dealkylation sites (tertiary alicyclic amines) is 1. The van der Waals surface area contributed by atoms with Crippen molar-refractivity contribution in [3.63, 3.8) is 0 Å². The van der Waals surface area contributed by atoms with E-state index in [4.69, 9.17) is 0 Å². The fourth-order valence-corrected chi connectivity index (χ4v) is 4.50. The second kappa shape index (κ2) is 7.08. The fourth-order valence-electron chi connectivity index (χ4n) is 4.50. The Morgan fingerprint density at radius 2 is 1.79 bits per heavy atom. The van der Waals surface area contributed by atoms with Crippen LogP contribution in [-0.4, -0.2) is 37.3 Å². The number of hydrogen-bond donors (Lipinski definition) is 0. The average molecular weight is 389 g/mol. The lowest BCUT2D eigenvalue weighted by atomic mass is 10.00. The van der Waals surface area contributed by atoms with Crippen molar-refractivity contribution in [2.45, 2.75) is 32.5 Å². The van der Waals surface area contributed by atoms with Gasteiger partial charge in [-0.3, -0.25) is 24.0 Å². The van der Waals surface area contributed by atoms with E-state index in [9.17, 15) is 9.59 Å². The van der Waals surface area contributed by atoms with Crippen LogP contribution in [0.25, 0.3) is 0 Å². The molecule has 0 bridgehead atoms. The molecule has 4 heterocycles. The Labute approximate surface area is 168 Å². The van der Waals surface area contributed by atoms with Gasteiger partial charge in [-0.1, -0.05) is 35.9 Å². The van der Waals surface area contributed by atoms with E-state index in [-0.39, 0.29) is 5.92 Å². The molecule has 0 N–H and O–H groups in total. The number of aromatic nitrogens is 4. The van der Waals surface area contributed by atoms with Crippen LogP contribution in [0.2, 0.25) is 0 Å². The molecule has 7 nitrogen and oxygen atoms in total. The molecule has 1 saturated heterocycles. The average Bonchev–Trinajstić information content (AvgIpc) is 3.26. The van der Waals surface area contributed by atoms with Gasteiger partial charge in [-0.05, 0) is 24.6 Å². The summed E-state index contributed by atoms with van der Waals surface area (Å²) in [5.74, 6) is 1.24. The maximum absolute atomic E-state index is 12.7. The normalized spacial score (nSPS) is 20.6. The summed E-state index contributed by atoms with van der Waals surface area (Å²) in [6.07, 6.45) is 1.81. The molecule has 2 aromatic heterocycles. The topological polar surface area (TPSA) is 73.0 Å². The van der Waals surface area contributed by atoms with Crippen LogP contribution >= 0.6 is 0 Å². The first-order valence-electron chi connectivity index (χ1n) is 9.98. The summed E-state index contributed by atoms with van der Waals surface area (Å²) >= 11 is 0. The molecule has 1 fully saturated rings. The molecule has 0 spiro atoms. The highest BCUT2D eigenvalue weighted by Crippen LogP contribution is 2.37. The molecule has 2 atom stereocenters. The van der Waals surface area contributed by atoms with Gasteiger partial charge in [-0.2, -0.15) is 5.10 Å². The predicted molar refractivity (Wildman–Crippen MR) is 109 cm³/mol. The van der Waals surface area contributed by atoms with Crippen molar-refractivity contribution in [1.82, 2.24) is 24.2 Å². The summed E-state index contributed by atoms with van der Waals surface area (Å²) in [5.41, 5.74) is 2.17. The molecule has 2 aliphatic rings. The molecule has 2 aliphatic heterocycles. The zero-order valence-electron chi connectivity index (χ0n) is 16.4. The van der Waals surface area contributed by atoms with Gasteiger partial charge >= 0.3 is 11.1 Å². The highest BCUT2D eigenvalue weighted by atomic mass is 16.2. The van der Waals surface area contributed by atoms with Gasteiger partial charge in [0.1, 0.15) is 5.82 Å². The lowest BCUT2D eigenvalue weighted by Crippen LogP contribution is -2.44. The quantitative estimate of drug-likeness (QED) is 0.631. The highest BCUT2D eigenvalue weighted by Gasteiger charge is 2.42. The summed E-state index contributed by atoms with van der Waals surface area (Å²) in [7, 11) is 0. The van der Waals surface area contributed by atoms with E-state index in [1.54, 1.807) is 4.57 Å². The van der Waals surface area contributed by atoms with Crippen molar-refractivity contribution in [3.8, 4) is 0 Å². The van der Waals surface area contributed by atoms with Gasteiger partial charge in [0.15, 0.2) is 0 Å². The number of hydrogen-bond acceptors (Lipinski definition) is 5. The number of nitrogens with zero attached hydrogens (tertiary/aromatic N) is 5. The lowest BCUT2D eigenvalue weighted by molar-refractivity contribution is 0.300. The fraction of sp³-hybridized carbons (Fsp3) is 0.364. The van der Waals surface area contributed by atoms with Crippen LogP contribution in [0, 0.1) is 12.8 Å².